The highest BCUT2D eigenvalue weighted by Gasteiger charge is 2.06. The number of tetrazole rings is 1. The molecule has 0 aliphatic carbocycles. The van der Waals surface area contributed by atoms with Gasteiger partial charge in [0, 0.05) is 6.54 Å². The first-order valence-electron chi connectivity index (χ1n) is 5.03. The van der Waals surface area contributed by atoms with E-state index in [-0.39, 0.29) is 0 Å². The van der Waals surface area contributed by atoms with Gasteiger partial charge in [-0.2, -0.15) is 0 Å². The van der Waals surface area contributed by atoms with Crippen LogP contribution >= 0.6 is 0 Å². The third kappa shape index (κ3) is 2.10. The van der Waals surface area contributed by atoms with Crippen LogP contribution in [0.15, 0.2) is 24.3 Å². The maximum Gasteiger partial charge on any atom is 0.189 e. The van der Waals surface area contributed by atoms with E-state index in [1.54, 1.807) is 10.7 Å². The molecule has 0 spiro atoms. The van der Waals surface area contributed by atoms with Crippen molar-refractivity contribution in [1.82, 2.24) is 20.2 Å². The number of nitrogens with zero attached hydrogens (tertiary/aromatic N) is 4. The summed E-state index contributed by atoms with van der Waals surface area (Å²) in [5, 5.41) is 11.3. The molecule has 2 aromatic rings. The molecule has 0 atom stereocenters. The number of anilines is 1. The Balaban J connectivity index is 2.05. The zero-order valence-corrected chi connectivity index (χ0v) is 9.00. The van der Waals surface area contributed by atoms with Crippen molar-refractivity contribution in [3.63, 3.8) is 0 Å². The molecule has 0 saturated heterocycles. The Bertz CT molecular complexity index is 468. The van der Waals surface area contributed by atoms with E-state index >= 15 is 0 Å². The molecular weight excluding hydrogens is 206 g/mol. The number of hydrogen-bond donors (Lipinski definition) is 1. The number of aryl methyl sites for hydroxylation is 1. The average Bonchev–Trinajstić information content (AvgIpc) is 2.75. The lowest BCUT2D eigenvalue weighted by Crippen LogP contribution is -2.07. The van der Waals surface area contributed by atoms with Crippen molar-refractivity contribution in [2.24, 2.45) is 0 Å². The number of aromatic nitrogens is 4. The number of nitrogen functional groups attached to an aromatic ring is 1. The van der Waals surface area contributed by atoms with Crippen LogP contribution < -0.4 is 10.5 Å². The van der Waals surface area contributed by atoms with E-state index in [2.05, 4.69) is 15.5 Å². The average molecular weight is 219 g/mol. The fourth-order valence-corrected chi connectivity index (χ4v) is 1.33. The van der Waals surface area contributed by atoms with Gasteiger partial charge >= 0.3 is 0 Å². The number of para-hydroxylation sites is 2. The molecule has 0 fully saturated rings. The monoisotopic (exact) mass is 219 g/mol. The minimum atomic E-state index is 0.315. The van der Waals surface area contributed by atoms with Crippen LogP contribution in [-0.4, -0.2) is 20.2 Å². The van der Waals surface area contributed by atoms with Gasteiger partial charge in [0.05, 0.1) is 5.69 Å². The van der Waals surface area contributed by atoms with Gasteiger partial charge in [-0.1, -0.05) is 12.1 Å². The second-order valence-electron chi connectivity index (χ2n) is 3.24. The number of benzene rings is 1. The van der Waals surface area contributed by atoms with Gasteiger partial charge in [-0.25, -0.2) is 4.68 Å². The molecule has 1 heterocycles. The van der Waals surface area contributed by atoms with Gasteiger partial charge in [-0.15, -0.1) is 5.10 Å². The normalized spacial score (nSPS) is 10.3. The van der Waals surface area contributed by atoms with Crippen molar-refractivity contribution in [1.29, 1.82) is 0 Å². The maximum absolute atomic E-state index is 5.75. The number of hydrogen-bond acceptors (Lipinski definition) is 5. The summed E-state index contributed by atoms with van der Waals surface area (Å²) in [4.78, 5) is 0. The van der Waals surface area contributed by atoms with Gasteiger partial charge in [0.25, 0.3) is 0 Å². The van der Waals surface area contributed by atoms with E-state index in [1.165, 1.54) is 0 Å². The highest BCUT2D eigenvalue weighted by molar-refractivity contribution is 5.51. The fraction of sp³-hybridized carbons (Fsp3) is 0.300. The van der Waals surface area contributed by atoms with E-state index in [0.717, 1.165) is 6.54 Å². The van der Waals surface area contributed by atoms with Crippen LogP contribution in [0.1, 0.15) is 12.7 Å². The number of rotatable bonds is 4. The first-order valence-corrected chi connectivity index (χ1v) is 5.03. The zero-order valence-electron chi connectivity index (χ0n) is 9.00. The van der Waals surface area contributed by atoms with E-state index in [9.17, 15) is 0 Å². The van der Waals surface area contributed by atoms with Crippen LogP contribution in [0.3, 0.4) is 0 Å². The van der Waals surface area contributed by atoms with E-state index in [0.29, 0.717) is 23.9 Å². The van der Waals surface area contributed by atoms with Crippen molar-refractivity contribution in [3.8, 4) is 5.75 Å². The van der Waals surface area contributed by atoms with E-state index in [4.69, 9.17) is 10.5 Å². The van der Waals surface area contributed by atoms with Crippen molar-refractivity contribution < 1.29 is 4.74 Å². The molecular formula is C10H13N5O. The molecule has 16 heavy (non-hydrogen) atoms. The van der Waals surface area contributed by atoms with Crippen molar-refractivity contribution in [3.05, 3.63) is 30.1 Å². The van der Waals surface area contributed by atoms with Gasteiger partial charge in [0.15, 0.2) is 5.82 Å². The summed E-state index contributed by atoms with van der Waals surface area (Å²) in [6.45, 7) is 3.00. The first kappa shape index (κ1) is 10.4. The Morgan fingerprint density at radius 1 is 1.38 bits per heavy atom. The summed E-state index contributed by atoms with van der Waals surface area (Å²) >= 11 is 0. The van der Waals surface area contributed by atoms with Gasteiger partial charge in [0.2, 0.25) is 0 Å². The second kappa shape index (κ2) is 4.61. The topological polar surface area (TPSA) is 78.8 Å². The molecule has 6 nitrogen and oxygen atoms in total. The number of ether oxygens (including phenoxy) is 1. The maximum atomic E-state index is 5.75. The summed E-state index contributed by atoms with van der Waals surface area (Å²) in [5.74, 6) is 1.33. The predicted octanol–water partition coefficient (Wildman–Crippen LogP) is 0.854. The summed E-state index contributed by atoms with van der Waals surface area (Å²) in [6, 6.07) is 7.33. The van der Waals surface area contributed by atoms with Gasteiger partial charge in [-0.3, -0.25) is 0 Å². The summed E-state index contributed by atoms with van der Waals surface area (Å²) in [6.07, 6.45) is 0. The smallest absolute Gasteiger partial charge is 0.189 e. The minimum Gasteiger partial charge on any atom is -0.483 e. The Kier molecular flexibility index (Phi) is 3.00. The lowest BCUT2D eigenvalue weighted by Gasteiger charge is -2.07. The van der Waals surface area contributed by atoms with Gasteiger partial charge in [-0.05, 0) is 29.5 Å². The van der Waals surface area contributed by atoms with Crippen LogP contribution in [0.4, 0.5) is 5.69 Å². The molecule has 0 aliphatic heterocycles. The molecule has 0 bridgehead atoms. The molecule has 0 saturated carbocycles. The molecule has 2 rings (SSSR count). The third-order valence-corrected chi connectivity index (χ3v) is 2.18. The minimum absolute atomic E-state index is 0.315. The van der Waals surface area contributed by atoms with Gasteiger partial charge < -0.3 is 10.5 Å². The lowest BCUT2D eigenvalue weighted by atomic mass is 10.3. The Morgan fingerprint density at radius 2 is 2.19 bits per heavy atom. The zero-order chi connectivity index (χ0) is 11.4. The van der Waals surface area contributed by atoms with E-state index in [1.807, 2.05) is 25.1 Å². The van der Waals surface area contributed by atoms with Crippen LogP contribution in [0.5, 0.6) is 5.75 Å². The SMILES string of the molecule is CCn1nnnc1COc1ccccc1N. The quantitative estimate of drug-likeness (QED) is 0.771. The molecule has 0 amide bonds. The lowest BCUT2D eigenvalue weighted by molar-refractivity contribution is 0.289. The molecule has 84 valence electrons. The van der Waals surface area contributed by atoms with Crippen LogP contribution in [-0.2, 0) is 13.2 Å². The Labute approximate surface area is 93.0 Å². The highest BCUT2D eigenvalue weighted by atomic mass is 16.5. The summed E-state index contributed by atoms with van der Waals surface area (Å²) in [7, 11) is 0. The van der Waals surface area contributed by atoms with E-state index < -0.39 is 0 Å². The van der Waals surface area contributed by atoms with Crippen LogP contribution in [0.2, 0.25) is 0 Å². The van der Waals surface area contributed by atoms with Gasteiger partial charge in [0.1, 0.15) is 12.4 Å². The van der Waals surface area contributed by atoms with Crippen molar-refractivity contribution >= 4 is 5.69 Å². The van der Waals surface area contributed by atoms with Crippen LogP contribution in [0.25, 0.3) is 0 Å². The van der Waals surface area contributed by atoms with Crippen molar-refractivity contribution in [2.45, 2.75) is 20.1 Å². The molecule has 1 aromatic carbocycles. The largest absolute Gasteiger partial charge is 0.483 e. The molecule has 2 N–H and O–H groups in total. The summed E-state index contributed by atoms with van der Waals surface area (Å²) in [5.41, 5.74) is 6.36. The molecule has 6 heteroatoms. The predicted molar refractivity (Wildman–Crippen MR) is 58.7 cm³/mol. The second-order valence-corrected chi connectivity index (χ2v) is 3.24. The third-order valence-electron chi connectivity index (χ3n) is 2.18. The Hall–Kier alpha value is -2.11. The standard InChI is InChI=1S/C10H13N5O/c1-2-15-10(12-13-14-15)7-16-9-6-4-3-5-8(9)11/h3-6H,2,7,11H2,1H3. The fourth-order valence-electron chi connectivity index (χ4n) is 1.33. The first-order chi connectivity index (χ1) is 7.81. The number of nitrogens with two attached hydrogens (primary N) is 1. The Morgan fingerprint density at radius 3 is 2.94 bits per heavy atom. The molecule has 0 unspecified atom stereocenters. The van der Waals surface area contributed by atoms with Crippen LogP contribution in [0, 0.1) is 0 Å². The molecule has 0 aliphatic rings. The summed E-state index contributed by atoms with van der Waals surface area (Å²) < 4.78 is 7.22. The molecule has 1 aromatic heterocycles. The highest BCUT2D eigenvalue weighted by Crippen LogP contribution is 2.20. The van der Waals surface area contributed by atoms with Crippen molar-refractivity contribution in [2.75, 3.05) is 5.73 Å². The molecule has 0 radical (unpaired) electrons.